The molecule has 0 amide bonds. The Morgan fingerprint density at radius 1 is 1.25 bits per heavy atom. The minimum atomic E-state index is -0.471. The van der Waals surface area contributed by atoms with Gasteiger partial charge in [-0.05, 0) is 45.4 Å². The Labute approximate surface area is 144 Å². The highest BCUT2D eigenvalue weighted by Crippen LogP contribution is 2.34. The number of rotatable bonds is 2. The molecule has 3 aromatic heterocycles. The molecule has 4 rings (SSSR count). The van der Waals surface area contributed by atoms with Crippen LogP contribution in [0.2, 0.25) is 5.28 Å². The van der Waals surface area contributed by atoms with E-state index in [2.05, 4.69) is 33.5 Å². The van der Waals surface area contributed by atoms with E-state index in [1.807, 2.05) is 24.6 Å². The van der Waals surface area contributed by atoms with Crippen molar-refractivity contribution in [1.82, 2.24) is 29.3 Å². The summed E-state index contributed by atoms with van der Waals surface area (Å²) in [6, 6.07) is 2.13. The summed E-state index contributed by atoms with van der Waals surface area (Å²) in [6.45, 7) is 9.49. The summed E-state index contributed by atoms with van der Waals surface area (Å²) in [4.78, 5) is 13.7. The summed E-state index contributed by atoms with van der Waals surface area (Å²) >= 11 is 6.22. The third-order valence-corrected chi connectivity index (χ3v) is 4.45. The van der Waals surface area contributed by atoms with Gasteiger partial charge in [-0.25, -0.2) is 9.97 Å². The van der Waals surface area contributed by atoms with Crippen molar-refractivity contribution in [3.8, 4) is 11.4 Å². The predicted molar refractivity (Wildman–Crippen MR) is 90.9 cm³/mol. The second kappa shape index (κ2) is 5.26. The van der Waals surface area contributed by atoms with Gasteiger partial charge >= 0.3 is 0 Å². The molecule has 4 heterocycles. The number of imidazole rings is 1. The third kappa shape index (κ3) is 2.22. The van der Waals surface area contributed by atoms with E-state index in [1.54, 1.807) is 6.20 Å². The summed E-state index contributed by atoms with van der Waals surface area (Å²) in [5, 5.41) is 4.60. The minimum Gasteiger partial charge on any atom is -0.366 e. The summed E-state index contributed by atoms with van der Waals surface area (Å²) in [6.07, 6.45) is 1.76. The first kappa shape index (κ1) is 15.5. The van der Waals surface area contributed by atoms with Gasteiger partial charge in [0.2, 0.25) is 5.28 Å². The highest BCUT2D eigenvalue weighted by molar-refractivity contribution is 6.28. The van der Waals surface area contributed by atoms with Crippen LogP contribution in [0, 0.1) is 0 Å². The van der Waals surface area contributed by atoms with Crippen LogP contribution in [0.4, 0.5) is 0 Å². The normalized spacial score (nSPS) is 16.8. The molecule has 0 radical (unpaired) electrons. The Bertz CT molecular complexity index is 926. The molecule has 0 atom stereocenters. The molecule has 0 aliphatic carbocycles. The zero-order valence-corrected chi connectivity index (χ0v) is 14.9. The highest BCUT2D eigenvalue weighted by atomic mass is 35.5. The van der Waals surface area contributed by atoms with Crippen molar-refractivity contribution < 1.29 is 4.74 Å². The van der Waals surface area contributed by atoms with E-state index < -0.39 is 5.60 Å². The SMILES string of the molecule is CC(C)n1nccc1-c1nc(Cl)nc2c1nc1n2CCOC1(C)C. The molecule has 0 saturated heterocycles. The van der Waals surface area contributed by atoms with Crippen molar-refractivity contribution in [3.63, 3.8) is 0 Å². The van der Waals surface area contributed by atoms with Crippen molar-refractivity contribution in [2.24, 2.45) is 0 Å². The molecule has 1 aliphatic heterocycles. The van der Waals surface area contributed by atoms with Crippen molar-refractivity contribution in [2.45, 2.75) is 45.9 Å². The first-order chi connectivity index (χ1) is 11.4. The molecule has 8 heteroatoms. The average molecular weight is 347 g/mol. The van der Waals surface area contributed by atoms with Gasteiger partial charge in [-0.15, -0.1) is 0 Å². The lowest BCUT2D eigenvalue weighted by atomic mass is 10.1. The number of halogens is 1. The van der Waals surface area contributed by atoms with Crippen molar-refractivity contribution in [2.75, 3.05) is 6.61 Å². The fourth-order valence-corrected chi connectivity index (χ4v) is 3.36. The summed E-state index contributed by atoms with van der Waals surface area (Å²) < 4.78 is 9.85. The van der Waals surface area contributed by atoms with E-state index in [9.17, 15) is 0 Å². The molecular weight excluding hydrogens is 328 g/mol. The lowest BCUT2D eigenvalue weighted by Crippen LogP contribution is -2.33. The lowest BCUT2D eigenvalue weighted by Gasteiger charge is -2.30. The second-order valence-electron chi connectivity index (χ2n) is 6.71. The number of hydrogen-bond acceptors (Lipinski definition) is 5. The van der Waals surface area contributed by atoms with Gasteiger partial charge in [0.05, 0.1) is 12.3 Å². The summed E-state index contributed by atoms with van der Waals surface area (Å²) in [5.74, 6) is 0.845. The first-order valence-corrected chi connectivity index (χ1v) is 8.38. The van der Waals surface area contributed by atoms with Gasteiger partial charge in [0, 0.05) is 18.8 Å². The number of nitrogens with zero attached hydrogens (tertiary/aromatic N) is 6. The minimum absolute atomic E-state index is 0.204. The maximum Gasteiger partial charge on any atom is 0.225 e. The molecule has 3 aromatic rings. The molecule has 24 heavy (non-hydrogen) atoms. The van der Waals surface area contributed by atoms with Crippen LogP contribution in [0.1, 0.15) is 39.6 Å². The molecule has 126 valence electrons. The Balaban J connectivity index is 2.04. The van der Waals surface area contributed by atoms with Crippen LogP contribution >= 0.6 is 11.6 Å². The number of fused-ring (bicyclic) bond motifs is 3. The van der Waals surface area contributed by atoms with E-state index in [0.717, 1.165) is 22.7 Å². The third-order valence-electron chi connectivity index (χ3n) is 4.29. The first-order valence-electron chi connectivity index (χ1n) is 8.00. The van der Waals surface area contributed by atoms with Crippen LogP contribution in [0.5, 0.6) is 0 Å². The molecule has 1 aliphatic rings. The smallest absolute Gasteiger partial charge is 0.225 e. The van der Waals surface area contributed by atoms with E-state index >= 15 is 0 Å². The maximum atomic E-state index is 6.22. The molecule has 0 saturated carbocycles. The Hall–Kier alpha value is -1.99. The zero-order valence-electron chi connectivity index (χ0n) is 14.1. The van der Waals surface area contributed by atoms with Crippen LogP contribution < -0.4 is 0 Å². The second-order valence-corrected chi connectivity index (χ2v) is 7.05. The molecule has 0 unspecified atom stereocenters. The Morgan fingerprint density at radius 3 is 2.79 bits per heavy atom. The monoisotopic (exact) mass is 346 g/mol. The summed E-state index contributed by atoms with van der Waals surface area (Å²) in [7, 11) is 0. The van der Waals surface area contributed by atoms with Crippen LogP contribution in [-0.4, -0.2) is 35.9 Å². The molecule has 0 N–H and O–H groups in total. The number of hydrogen-bond donors (Lipinski definition) is 0. The number of aromatic nitrogens is 6. The highest BCUT2D eigenvalue weighted by Gasteiger charge is 2.34. The van der Waals surface area contributed by atoms with Crippen molar-refractivity contribution >= 4 is 22.8 Å². The predicted octanol–water partition coefficient (Wildman–Crippen LogP) is 3.19. The van der Waals surface area contributed by atoms with Gasteiger partial charge in [0.15, 0.2) is 5.65 Å². The van der Waals surface area contributed by atoms with Gasteiger partial charge < -0.3 is 9.30 Å². The molecular formula is C16H19ClN6O. The van der Waals surface area contributed by atoms with E-state index in [0.29, 0.717) is 18.8 Å². The Kier molecular flexibility index (Phi) is 3.40. The molecule has 0 fully saturated rings. The molecule has 7 nitrogen and oxygen atoms in total. The van der Waals surface area contributed by atoms with Gasteiger partial charge in [-0.1, -0.05) is 0 Å². The lowest BCUT2D eigenvalue weighted by molar-refractivity contribution is -0.0530. The molecule has 0 spiro atoms. The standard InChI is InChI=1S/C16H19ClN6O/c1-9(2)23-10(5-6-18-23)11-12-13(21-15(17)20-11)22-7-8-24-16(3,4)14(22)19-12/h5-6,9H,7-8H2,1-4H3. The van der Waals surface area contributed by atoms with Crippen LogP contribution in [0.3, 0.4) is 0 Å². The molecule has 0 bridgehead atoms. The van der Waals surface area contributed by atoms with E-state index in [1.165, 1.54) is 0 Å². The van der Waals surface area contributed by atoms with Gasteiger partial charge in [-0.2, -0.15) is 10.1 Å². The Morgan fingerprint density at radius 2 is 2.04 bits per heavy atom. The van der Waals surface area contributed by atoms with E-state index in [4.69, 9.17) is 21.3 Å². The van der Waals surface area contributed by atoms with Crippen LogP contribution in [0.15, 0.2) is 12.3 Å². The van der Waals surface area contributed by atoms with Gasteiger partial charge in [-0.3, -0.25) is 4.68 Å². The van der Waals surface area contributed by atoms with Crippen LogP contribution in [-0.2, 0) is 16.9 Å². The van der Waals surface area contributed by atoms with E-state index in [-0.39, 0.29) is 11.3 Å². The van der Waals surface area contributed by atoms with Gasteiger partial charge in [0.25, 0.3) is 0 Å². The fraction of sp³-hybridized carbons (Fsp3) is 0.500. The van der Waals surface area contributed by atoms with Gasteiger partial charge in [0.1, 0.15) is 22.6 Å². The maximum absolute atomic E-state index is 6.22. The molecule has 0 aromatic carbocycles. The quantitative estimate of drug-likeness (QED) is 0.666. The van der Waals surface area contributed by atoms with Crippen molar-refractivity contribution in [3.05, 3.63) is 23.4 Å². The average Bonchev–Trinajstić information content (AvgIpc) is 3.12. The number of ether oxygens (including phenoxy) is 1. The zero-order chi connectivity index (χ0) is 17.1. The van der Waals surface area contributed by atoms with Crippen molar-refractivity contribution in [1.29, 1.82) is 0 Å². The van der Waals surface area contributed by atoms with Crippen LogP contribution in [0.25, 0.3) is 22.6 Å². The topological polar surface area (TPSA) is 70.7 Å². The largest absolute Gasteiger partial charge is 0.366 e. The fourth-order valence-electron chi connectivity index (χ4n) is 3.19. The summed E-state index contributed by atoms with van der Waals surface area (Å²) in [5.41, 5.74) is 2.59.